The van der Waals surface area contributed by atoms with Crippen LogP contribution >= 0.6 is 0 Å². The molecule has 0 saturated carbocycles. The number of aryl methyl sites for hydroxylation is 1. The lowest BCUT2D eigenvalue weighted by atomic mass is 10.2. The molecule has 2 aromatic heterocycles. The lowest BCUT2D eigenvalue weighted by Crippen LogP contribution is -2.15. The van der Waals surface area contributed by atoms with Crippen LogP contribution in [0.2, 0.25) is 0 Å². The highest BCUT2D eigenvalue weighted by Gasteiger charge is 2.15. The van der Waals surface area contributed by atoms with E-state index in [1.165, 1.54) is 0 Å². The fourth-order valence-electron chi connectivity index (χ4n) is 1.95. The number of hydrogen-bond acceptors (Lipinski definition) is 3. The molecular formula is C12H15N3O2. The SMILES string of the molecule is Cc1nc2cccc(N(C)C)n2c1CC(=O)O. The van der Waals surface area contributed by atoms with Gasteiger partial charge in [0.15, 0.2) is 0 Å². The summed E-state index contributed by atoms with van der Waals surface area (Å²) in [7, 11) is 3.85. The number of nitrogens with zero attached hydrogens (tertiary/aromatic N) is 3. The van der Waals surface area contributed by atoms with Gasteiger partial charge in [-0.15, -0.1) is 0 Å². The lowest BCUT2D eigenvalue weighted by molar-refractivity contribution is -0.136. The van der Waals surface area contributed by atoms with Gasteiger partial charge in [0, 0.05) is 14.1 Å². The Kier molecular flexibility index (Phi) is 2.75. The molecule has 0 aromatic carbocycles. The van der Waals surface area contributed by atoms with E-state index in [4.69, 9.17) is 5.11 Å². The summed E-state index contributed by atoms with van der Waals surface area (Å²) in [6.45, 7) is 1.84. The van der Waals surface area contributed by atoms with E-state index >= 15 is 0 Å². The maximum Gasteiger partial charge on any atom is 0.309 e. The quantitative estimate of drug-likeness (QED) is 0.869. The largest absolute Gasteiger partial charge is 0.481 e. The van der Waals surface area contributed by atoms with E-state index in [9.17, 15) is 4.79 Å². The molecule has 2 rings (SSSR count). The molecule has 0 aliphatic carbocycles. The maximum atomic E-state index is 10.9. The van der Waals surface area contributed by atoms with E-state index in [2.05, 4.69) is 4.98 Å². The molecule has 0 aliphatic heterocycles. The molecule has 2 aromatic rings. The number of carbonyl (C=O) groups is 1. The fraction of sp³-hybridized carbons (Fsp3) is 0.333. The predicted octanol–water partition coefficient (Wildman–Crippen LogP) is 1.34. The third-order valence-corrected chi connectivity index (χ3v) is 2.70. The number of rotatable bonds is 3. The number of aliphatic carboxylic acids is 1. The van der Waals surface area contributed by atoms with Crippen molar-refractivity contribution in [2.45, 2.75) is 13.3 Å². The Morgan fingerprint density at radius 3 is 2.76 bits per heavy atom. The first-order valence-electron chi connectivity index (χ1n) is 5.36. The minimum absolute atomic E-state index is 0.0160. The van der Waals surface area contributed by atoms with Crippen LogP contribution in [-0.2, 0) is 11.2 Å². The molecule has 0 fully saturated rings. The fourth-order valence-corrected chi connectivity index (χ4v) is 1.95. The summed E-state index contributed by atoms with van der Waals surface area (Å²) in [6, 6.07) is 5.74. The molecule has 5 heteroatoms. The first-order chi connectivity index (χ1) is 8.00. The summed E-state index contributed by atoms with van der Waals surface area (Å²) >= 11 is 0. The van der Waals surface area contributed by atoms with E-state index in [1.807, 2.05) is 48.5 Å². The number of imidazole rings is 1. The van der Waals surface area contributed by atoms with Crippen LogP contribution < -0.4 is 4.90 Å². The van der Waals surface area contributed by atoms with Crippen LogP contribution in [0.4, 0.5) is 5.82 Å². The molecule has 0 saturated heterocycles. The van der Waals surface area contributed by atoms with Gasteiger partial charge in [-0.1, -0.05) is 6.07 Å². The molecule has 0 aliphatic rings. The molecule has 0 bridgehead atoms. The maximum absolute atomic E-state index is 10.9. The van der Waals surface area contributed by atoms with Crippen LogP contribution in [-0.4, -0.2) is 34.6 Å². The van der Waals surface area contributed by atoms with Crippen LogP contribution in [0.5, 0.6) is 0 Å². The summed E-state index contributed by atoms with van der Waals surface area (Å²) in [6.07, 6.45) is -0.0160. The molecule has 5 nitrogen and oxygen atoms in total. The zero-order chi connectivity index (χ0) is 12.6. The Morgan fingerprint density at radius 1 is 1.47 bits per heavy atom. The molecule has 17 heavy (non-hydrogen) atoms. The average Bonchev–Trinajstić information content (AvgIpc) is 2.54. The zero-order valence-corrected chi connectivity index (χ0v) is 10.1. The second kappa shape index (κ2) is 4.08. The second-order valence-electron chi connectivity index (χ2n) is 4.19. The number of pyridine rings is 1. The van der Waals surface area contributed by atoms with Gasteiger partial charge in [-0.25, -0.2) is 4.98 Å². The van der Waals surface area contributed by atoms with Crippen molar-refractivity contribution in [3.63, 3.8) is 0 Å². The Hall–Kier alpha value is -2.04. The summed E-state index contributed by atoms with van der Waals surface area (Å²) in [5.41, 5.74) is 2.28. The van der Waals surface area contributed by atoms with Gasteiger partial charge in [-0.05, 0) is 19.1 Å². The van der Waals surface area contributed by atoms with Gasteiger partial charge in [0.1, 0.15) is 11.5 Å². The van der Waals surface area contributed by atoms with Crippen molar-refractivity contribution in [2.24, 2.45) is 0 Å². The summed E-state index contributed by atoms with van der Waals surface area (Å²) < 4.78 is 1.89. The average molecular weight is 233 g/mol. The summed E-state index contributed by atoms with van der Waals surface area (Å²) in [4.78, 5) is 17.2. The number of aromatic nitrogens is 2. The number of anilines is 1. The van der Waals surface area contributed by atoms with Crippen molar-refractivity contribution in [1.29, 1.82) is 0 Å². The number of carboxylic acid groups (broad SMARTS) is 1. The highest BCUT2D eigenvalue weighted by molar-refractivity contribution is 5.71. The highest BCUT2D eigenvalue weighted by atomic mass is 16.4. The Bertz CT molecular complexity index is 572. The molecule has 0 radical (unpaired) electrons. The monoisotopic (exact) mass is 233 g/mol. The lowest BCUT2D eigenvalue weighted by Gasteiger charge is -2.16. The van der Waals surface area contributed by atoms with E-state index in [1.54, 1.807) is 0 Å². The van der Waals surface area contributed by atoms with Crippen LogP contribution in [0, 0.1) is 6.92 Å². The molecule has 2 heterocycles. The number of hydrogen-bond donors (Lipinski definition) is 1. The van der Waals surface area contributed by atoms with Crippen LogP contribution in [0.1, 0.15) is 11.4 Å². The smallest absolute Gasteiger partial charge is 0.309 e. The Balaban J connectivity index is 2.72. The van der Waals surface area contributed by atoms with Gasteiger partial charge >= 0.3 is 5.97 Å². The second-order valence-corrected chi connectivity index (χ2v) is 4.19. The van der Waals surface area contributed by atoms with E-state index in [-0.39, 0.29) is 6.42 Å². The molecule has 0 atom stereocenters. The van der Waals surface area contributed by atoms with Gasteiger partial charge in [0.25, 0.3) is 0 Å². The van der Waals surface area contributed by atoms with Crippen molar-refractivity contribution in [1.82, 2.24) is 9.38 Å². The molecule has 1 N–H and O–H groups in total. The molecule has 0 spiro atoms. The van der Waals surface area contributed by atoms with E-state index in [0.717, 1.165) is 22.9 Å². The van der Waals surface area contributed by atoms with Crippen LogP contribution in [0.15, 0.2) is 18.2 Å². The normalized spacial score (nSPS) is 10.8. The molecule has 0 unspecified atom stereocenters. The van der Waals surface area contributed by atoms with Crippen LogP contribution in [0.25, 0.3) is 5.65 Å². The van der Waals surface area contributed by atoms with Crippen molar-refractivity contribution in [2.75, 3.05) is 19.0 Å². The first kappa shape index (κ1) is 11.4. The highest BCUT2D eigenvalue weighted by Crippen LogP contribution is 2.20. The van der Waals surface area contributed by atoms with Gasteiger partial charge in [-0.3, -0.25) is 9.20 Å². The summed E-state index contributed by atoms with van der Waals surface area (Å²) in [5, 5.41) is 8.94. The molecule has 0 amide bonds. The van der Waals surface area contributed by atoms with Crippen molar-refractivity contribution < 1.29 is 9.90 Å². The van der Waals surface area contributed by atoms with E-state index < -0.39 is 5.97 Å². The van der Waals surface area contributed by atoms with Gasteiger partial charge in [0.05, 0.1) is 17.8 Å². The van der Waals surface area contributed by atoms with E-state index in [0.29, 0.717) is 0 Å². The van der Waals surface area contributed by atoms with Gasteiger partial charge < -0.3 is 10.0 Å². The zero-order valence-electron chi connectivity index (χ0n) is 10.1. The number of fused-ring (bicyclic) bond motifs is 1. The van der Waals surface area contributed by atoms with Gasteiger partial charge in [0.2, 0.25) is 0 Å². The third-order valence-electron chi connectivity index (χ3n) is 2.70. The van der Waals surface area contributed by atoms with Crippen molar-refractivity contribution in [3.8, 4) is 0 Å². The topological polar surface area (TPSA) is 57.8 Å². The van der Waals surface area contributed by atoms with Crippen LogP contribution in [0.3, 0.4) is 0 Å². The predicted molar refractivity (Wildman–Crippen MR) is 65.6 cm³/mol. The minimum atomic E-state index is -0.844. The Morgan fingerprint density at radius 2 is 2.18 bits per heavy atom. The minimum Gasteiger partial charge on any atom is -0.481 e. The Labute approximate surface area is 99.3 Å². The standard InChI is InChI=1S/C12H15N3O2/c1-8-9(7-12(16)17)15-10(13-8)5-4-6-11(15)14(2)3/h4-6H,7H2,1-3H3,(H,16,17). The third kappa shape index (κ3) is 1.95. The number of carboxylic acids is 1. The van der Waals surface area contributed by atoms with Crippen molar-refractivity contribution >= 4 is 17.4 Å². The van der Waals surface area contributed by atoms with Gasteiger partial charge in [-0.2, -0.15) is 0 Å². The van der Waals surface area contributed by atoms with Crippen molar-refractivity contribution in [3.05, 3.63) is 29.6 Å². The molecular weight excluding hydrogens is 218 g/mol. The summed E-state index contributed by atoms with van der Waals surface area (Å²) in [5.74, 6) is 0.0859. The molecule has 90 valence electrons. The first-order valence-corrected chi connectivity index (χ1v) is 5.36.